The van der Waals surface area contributed by atoms with E-state index in [1.807, 2.05) is 0 Å². The lowest BCUT2D eigenvalue weighted by Gasteiger charge is -2.23. The van der Waals surface area contributed by atoms with Gasteiger partial charge in [-0.2, -0.15) is 0 Å². The summed E-state index contributed by atoms with van der Waals surface area (Å²) >= 11 is 0. The summed E-state index contributed by atoms with van der Waals surface area (Å²) in [7, 11) is 1.44. The number of hydrogen-bond acceptors (Lipinski definition) is 4. The van der Waals surface area contributed by atoms with Crippen LogP contribution < -0.4 is 16.0 Å². The lowest BCUT2D eigenvalue weighted by molar-refractivity contribution is 0.0770. The average Bonchev–Trinajstić information content (AvgIpc) is 2.86. The van der Waals surface area contributed by atoms with Crippen molar-refractivity contribution in [2.45, 2.75) is 25.0 Å². The molecule has 0 aromatic heterocycles. The number of ether oxygens (including phenoxy) is 2. The molecule has 0 bridgehead atoms. The van der Waals surface area contributed by atoms with Gasteiger partial charge in [-0.3, -0.25) is 11.3 Å². The molecule has 0 spiro atoms. The standard InChI is InChI=1S/C12H17FN2O2/c1-16-9-5-2-4-8(11(9)13)12(15-14)10-6-3-7-17-10/h2,4-5,10,12,15H,3,6-7,14H2,1H3. The Labute approximate surface area is 99.9 Å². The number of nitrogens with one attached hydrogen (secondary N) is 1. The highest BCUT2D eigenvalue weighted by molar-refractivity contribution is 5.33. The number of hydrogen-bond donors (Lipinski definition) is 2. The minimum absolute atomic E-state index is 0.0818. The SMILES string of the molecule is COc1cccc(C(NN)C2CCCO2)c1F. The van der Waals surface area contributed by atoms with E-state index in [0.717, 1.165) is 12.8 Å². The van der Waals surface area contributed by atoms with E-state index >= 15 is 0 Å². The summed E-state index contributed by atoms with van der Waals surface area (Å²) in [5.41, 5.74) is 3.12. The first kappa shape index (κ1) is 12.3. The van der Waals surface area contributed by atoms with E-state index in [4.69, 9.17) is 15.3 Å². The van der Waals surface area contributed by atoms with Gasteiger partial charge >= 0.3 is 0 Å². The molecular weight excluding hydrogens is 223 g/mol. The molecule has 1 heterocycles. The van der Waals surface area contributed by atoms with E-state index in [1.54, 1.807) is 18.2 Å². The van der Waals surface area contributed by atoms with Crippen molar-refractivity contribution in [3.63, 3.8) is 0 Å². The van der Waals surface area contributed by atoms with Crippen molar-refractivity contribution in [3.8, 4) is 5.75 Å². The largest absolute Gasteiger partial charge is 0.494 e. The van der Waals surface area contributed by atoms with Crippen molar-refractivity contribution in [3.05, 3.63) is 29.6 Å². The van der Waals surface area contributed by atoms with Crippen LogP contribution >= 0.6 is 0 Å². The second kappa shape index (κ2) is 5.44. The van der Waals surface area contributed by atoms with Crippen molar-refractivity contribution >= 4 is 0 Å². The number of rotatable bonds is 4. The zero-order chi connectivity index (χ0) is 12.3. The van der Waals surface area contributed by atoms with Crippen LogP contribution in [0.4, 0.5) is 4.39 Å². The Balaban J connectivity index is 2.29. The Morgan fingerprint density at radius 2 is 2.41 bits per heavy atom. The van der Waals surface area contributed by atoms with E-state index in [-0.39, 0.29) is 23.7 Å². The molecule has 1 aliphatic rings. The monoisotopic (exact) mass is 240 g/mol. The summed E-state index contributed by atoms with van der Waals surface area (Å²) < 4.78 is 24.6. The predicted molar refractivity (Wildman–Crippen MR) is 62.0 cm³/mol. The Bertz CT molecular complexity index is 381. The van der Waals surface area contributed by atoms with Crippen LogP contribution in [-0.2, 0) is 4.74 Å². The molecule has 2 atom stereocenters. The van der Waals surface area contributed by atoms with Crippen molar-refractivity contribution in [1.82, 2.24) is 5.43 Å². The number of nitrogens with two attached hydrogens (primary N) is 1. The molecule has 4 nitrogen and oxygen atoms in total. The van der Waals surface area contributed by atoms with Crippen LogP contribution in [-0.4, -0.2) is 19.8 Å². The lowest BCUT2D eigenvalue weighted by atomic mass is 9.99. The zero-order valence-corrected chi connectivity index (χ0v) is 9.78. The van der Waals surface area contributed by atoms with Gasteiger partial charge in [0.2, 0.25) is 0 Å². The van der Waals surface area contributed by atoms with Crippen molar-refractivity contribution < 1.29 is 13.9 Å². The molecule has 0 radical (unpaired) electrons. The van der Waals surface area contributed by atoms with Gasteiger partial charge in [-0.05, 0) is 18.9 Å². The van der Waals surface area contributed by atoms with Gasteiger partial charge in [0, 0.05) is 12.2 Å². The fourth-order valence-electron chi connectivity index (χ4n) is 2.19. The first-order chi connectivity index (χ1) is 8.27. The smallest absolute Gasteiger partial charge is 0.169 e. The maximum atomic E-state index is 14.1. The second-order valence-electron chi connectivity index (χ2n) is 4.06. The van der Waals surface area contributed by atoms with Crippen molar-refractivity contribution in [1.29, 1.82) is 0 Å². The molecule has 1 aliphatic heterocycles. The summed E-state index contributed by atoms with van der Waals surface area (Å²) in [6, 6.07) is 4.69. The molecule has 2 rings (SSSR count). The van der Waals surface area contributed by atoms with Crippen LogP contribution in [0.5, 0.6) is 5.75 Å². The van der Waals surface area contributed by atoms with Crippen LogP contribution in [0.25, 0.3) is 0 Å². The van der Waals surface area contributed by atoms with E-state index in [2.05, 4.69) is 5.43 Å². The van der Waals surface area contributed by atoms with Gasteiger partial charge in [-0.25, -0.2) is 4.39 Å². The highest BCUT2D eigenvalue weighted by atomic mass is 19.1. The molecular formula is C12H17FN2O2. The zero-order valence-electron chi connectivity index (χ0n) is 9.78. The van der Waals surface area contributed by atoms with E-state index in [9.17, 15) is 4.39 Å². The third-order valence-corrected chi connectivity index (χ3v) is 3.06. The molecule has 0 saturated carbocycles. The first-order valence-corrected chi connectivity index (χ1v) is 5.68. The van der Waals surface area contributed by atoms with Gasteiger partial charge in [0.15, 0.2) is 11.6 Å². The molecule has 2 unspecified atom stereocenters. The number of halogens is 1. The third kappa shape index (κ3) is 2.41. The maximum absolute atomic E-state index is 14.1. The Morgan fingerprint density at radius 3 is 3.00 bits per heavy atom. The molecule has 0 amide bonds. The maximum Gasteiger partial charge on any atom is 0.169 e. The highest BCUT2D eigenvalue weighted by Crippen LogP contribution is 2.31. The second-order valence-corrected chi connectivity index (χ2v) is 4.06. The van der Waals surface area contributed by atoms with Crippen LogP contribution in [0.15, 0.2) is 18.2 Å². The fourth-order valence-corrected chi connectivity index (χ4v) is 2.19. The minimum atomic E-state index is -0.381. The Kier molecular flexibility index (Phi) is 3.93. The van der Waals surface area contributed by atoms with Crippen molar-refractivity contribution in [2.24, 2.45) is 5.84 Å². The van der Waals surface area contributed by atoms with E-state index < -0.39 is 0 Å². The molecule has 94 valence electrons. The highest BCUT2D eigenvalue weighted by Gasteiger charge is 2.29. The quantitative estimate of drug-likeness (QED) is 0.619. The molecule has 1 aromatic carbocycles. The van der Waals surface area contributed by atoms with E-state index in [0.29, 0.717) is 12.2 Å². The summed E-state index contributed by atoms with van der Waals surface area (Å²) in [6.45, 7) is 0.703. The molecule has 0 aliphatic carbocycles. The summed E-state index contributed by atoms with van der Waals surface area (Å²) in [6.07, 6.45) is 1.78. The van der Waals surface area contributed by atoms with Gasteiger partial charge in [0.25, 0.3) is 0 Å². The lowest BCUT2D eigenvalue weighted by Crippen LogP contribution is -2.36. The summed E-state index contributed by atoms with van der Waals surface area (Å²) in [5.74, 6) is 5.35. The summed E-state index contributed by atoms with van der Waals surface area (Å²) in [5, 5.41) is 0. The molecule has 1 fully saturated rings. The molecule has 1 aromatic rings. The van der Waals surface area contributed by atoms with Crippen LogP contribution in [0.2, 0.25) is 0 Å². The Hall–Kier alpha value is -1.17. The average molecular weight is 240 g/mol. The van der Waals surface area contributed by atoms with Gasteiger partial charge in [-0.15, -0.1) is 0 Å². The third-order valence-electron chi connectivity index (χ3n) is 3.06. The topological polar surface area (TPSA) is 56.5 Å². The number of methoxy groups -OCH3 is 1. The van der Waals surface area contributed by atoms with Crippen molar-refractivity contribution in [2.75, 3.05) is 13.7 Å². The number of hydrazine groups is 1. The van der Waals surface area contributed by atoms with Gasteiger partial charge in [0.1, 0.15) is 0 Å². The van der Waals surface area contributed by atoms with Crippen LogP contribution in [0.1, 0.15) is 24.4 Å². The minimum Gasteiger partial charge on any atom is -0.494 e. The molecule has 5 heteroatoms. The molecule has 1 saturated heterocycles. The van der Waals surface area contributed by atoms with Gasteiger partial charge in [-0.1, -0.05) is 12.1 Å². The molecule has 17 heavy (non-hydrogen) atoms. The number of benzene rings is 1. The fraction of sp³-hybridized carbons (Fsp3) is 0.500. The Morgan fingerprint density at radius 1 is 1.59 bits per heavy atom. The first-order valence-electron chi connectivity index (χ1n) is 5.68. The summed E-state index contributed by atoms with van der Waals surface area (Å²) in [4.78, 5) is 0. The van der Waals surface area contributed by atoms with Crippen LogP contribution in [0, 0.1) is 5.82 Å². The van der Waals surface area contributed by atoms with Gasteiger partial charge < -0.3 is 9.47 Å². The van der Waals surface area contributed by atoms with Crippen LogP contribution in [0.3, 0.4) is 0 Å². The van der Waals surface area contributed by atoms with E-state index in [1.165, 1.54) is 7.11 Å². The van der Waals surface area contributed by atoms with Gasteiger partial charge in [0.05, 0.1) is 19.3 Å². The molecule has 3 N–H and O–H groups in total. The normalized spacial score (nSPS) is 21.5. The predicted octanol–water partition coefficient (Wildman–Crippen LogP) is 1.52.